The maximum atomic E-state index is 12.1. The van der Waals surface area contributed by atoms with E-state index < -0.39 is 6.04 Å². The lowest BCUT2D eigenvalue weighted by atomic mass is 9.83. The van der Waals surface area contributed by atoms with Crippen LogP contribution in [-0.4, -0.2) is 46.8 Å². The van der Waals surface area contributed by atoms with Gasteiger partial charge in [0.25, 0.3) is 5.56 Å². The van der Waals surface area contributed by atoms with E-state index in [0.717, 1.165) is 31.7 Å². The van der Waals surface area contributed by atoms with Gasteiger partial charge in [0.15, 0.2) is 5.11 Å². The van der Waals surface area contributed by atoms with Crippen LogP contribution in [0.3, 0.4) is 0 Å². The van der Waals surface area contributed by atoms with Crippen molar-refractivity contribution in [3.63, 3.8) is 0 Å². The Morgan fingerprint density at radius 1 is 1.32 bits per heavy atom. The minimum Gasteiger partial charge on any atom is -0.467 e. The quantitative estimate of drug-likeness (QED) is 0.646. The summed E-state index contributed by atoms with van der Waals surface area (Å²) in [5.74, 6) is 0.457. The number of pyridine rings is 1. The van der Waals surface area contributed by atoms with Crippen molar-refractivity contribution in [1.29, 1.82) is 0 Å². The van der Waals surface area contributed by atoms with E-state index in [-0.39, 0.29) is 23.4 Å². The molecule has 7 heteroatoms. The monoisotopic (exact) mass is 363 g/mol. The van der Waals surface area contributed by atoms with Gasteiger partial charge in [0.2, 0.25) is 0 Å². The van der Waals surface area contributed by atoms with Gasteiger partial charge in [0.05, 0.1) is 7.11 Å². The zero-order valence-electron chi connectivity index (χ0n) is 14.9. The number of likely N-dealkylation sites (tertiary alicyclic amines) is 1. The molecule has 0 aliphatic carbocycles. The molecule has 2 aliphatic heterocycles. The van der Waals surface area contributed by atoms with Crippen LogP contribution in [0.4, 0.5) is 0 Å². The number of methoxy groups -OCH3 is 1. The number of carbonyl (C=O) groups is 1. The van der Waals surface area contributed by atoms with Gasteiger partial charge in [0.1, 0.15) is 6.04 Å². The minimum absolute atomic E-state index is 0.0758. The number of nitrogens with zero attached hydrogens (tertiary/aromatic N) is 2. The van der Waals surface area contributed by atoms with Crippen LogP contribution >= 0.6 is 12.2 Å². The summed E-state index contributed by atoms with van der Waals surface area (Å²) in [6, 6.07) is 5.04. The molecule has 3 rings (SSSR count). The molecule has 0 aromatic carbocycles. The minimum atomic E-state index is -0.450. The van der Waals surface area contributed by atoms with Crippen molar-refractivity contribution in [2.45, 2.75) is 38.8 Å². The average Bonchev–Trinajstić information content (AvgIpc) is 2.59. The highest BCUT2D eigenvalue weighted by Gasteiger charge is 2.36. The number of thiocarbonyl (C=S) groups is 1. The van der Waals surface area contributed by atoms with E-state index in [4.69, 9.17) is 17.0 Å². The Labute approximate surface area is 153 Å². The molecule has 1 aromatic rings. The molecule has 3 unspecified atom stereocenters. The number of fused-ring (bicyclic) bond motifs is 4. The number of nitrogens with one attached hydrogen (secondary N) is 1. The molecule has 25 heavy (non-hydrogen) atoms. The van der Waals surface area contributed by atoms with Crippen LogP contribution in [0.5, 0.6) is 0 Å². The topological polar surface area (TPSA) is 63.6 Å². The Hall–Kier alpha value is -1.89. The van der Waals surface area contributed by atoms with Crippen molar-refractivity contribution in [3.05, 3.63) is 34.2 Å². The first-order valence-corrected chi connectivity index (χ1v) is 9.14. The molecule has 1 fully saturated rings. The van der Waals surface area contributed by atoms with Crippen molar-refractivity contribution in [1.82, 2.24) is 14.8 Å². The molecule has 0 radical (unpaired) electrons. The van der Waals surface area contributed by atoms with Gasteiger partial charge in [-0.05, 0) is 36.5 Å². The zero-order chi connectivity index (χ0) is 18.1. The summed E-state index contributed by atoms with van der Waals surface area (Å²) in [6.07, 6.45) is 1.08. The fourth-order valence-corrected chi connectivity index (χ4v) is 4.19. The standard InChI is InChI=1S/C18H25N3O3S/c1-11(2)16(17(23)24-3)19-18(25)20-8-12-7-13(10-20)14-5-4-6-15(22)21(14)9-12/h4-6,11-13,16H,7-10H2,1-3H3,(H,19,25). The smallest absolute Gasteiger partial charge is 0.328 e. The summed E-state index contributed by atoms with van der Waals surface area (Å²) in [6.45, 7) is 6.22. The molecule has 0 amide bonds. The highest BCUT2D eigenvalue weighted by molar-refractivity contribution is 7.80. The number of esters is 1. The first-order valence-electron chi connectivity index (χ1n) is 8.73. The van der Waals surface area contributed by atoms with Crippen LogP contribution in [0.1, 0.15) is 31.9 Å². The van der Waals surface area contributed by atoms with Crippen LogP contribution in [-0.2, 0) is 16.1 Å². The number of ether oxygens (including phenoxy) is 1. The first kappa shape index (κ1) is 17.9. The van der Waals surface area contributed by atoms with Crippen LogP contribution in [0.15, 0.2) is 23.0 Å². The van der Waals surface area contributed by atoms with Crippen molar-refractivity contribution in [2.75, 3.05) is 20.2 Å². The molecule has 2 aliphatic rings. The molecule has 3 atom stereocenters. The molecule has 6 nitrogen and oxygen atoms in total. The van der Waals surface area contributed by atoms with Gasteiger partial charge >= 0.3 is 5.97 Å². The number of rotatable bonds is 3. The van der Waals surface area contributed by atoms with Crippen LogP contribution < -0.4 is 10.9 Å². The lowest BCUT2D eigenvalue weighted by molar-refractivity contribution is -0.143. The number of hydrogen-bond acceptors (Lipinski definition) is 4. The van der Waals surface area contributed by atoms with E-state index in [1.165, 1.54) is 7.11 Å². The second-order valence-corrected chi connectivity index (χ2v) is 7.68. The molecule has 3 heterocycles. The van der Waals surface area contributed by atoms with Crippen molar-refractivity contribution in [3.8, 4) is 0 Å². The Kier molecular flexibility index (Phi) is 5.13. The lowest BCUT2D eigenvalue weighted by Crippen LogP contribution is -2.55. The predicted molar refractivity (Wildman–Crippen MR) is 99.5 cm³/mol. The van der Waals surface area contributed by atoms with Gasteiger partial charge in [-0.1, -0.05) is 19.9 Å². The molecule has 1 saturated heterocycles. The Morgan fingerprint density at radius 3 is 2.76 bits per heavy atom. The number of carbonyl (C=O) groups excluding carboxylic acids is 1. The summed E-state index contributed by atoms with van der Waals surface area (Å²) in [5.41, 5.74) is 1.16. The summed E-state index contributed by atoms with van der Waals surface area (Å²) in [5, 5.41) is 3.76. The second kappa shape index (κ2) is 7.15. The molecule has 0 spiro atoms. The van der Waals surface area contributed by atoms with Crippen molar-refractivity contribution in [2.24, 2.45) is 11.8 Å². The van der Waals surface area contributed by atoms with Crippen LogP contribution in [0, 0.1) is 11.8 Å². The summed E-state index contributed by atoms with van der Waals surface area (Å²) in [4.78, 5) is 26.2. The lowest BCUT2D eigenvalue weighted by Gasteiger charge is -2.44. The molecular formula is C18H25N3O3S. The summed E-state index contributed by atoms with van der Waals surface area (Å²) >= 11 is 5.58. The van der Waals surface area contributed by atoms with Gasteiger partial charge in [0, 0.05) is 37.3 Å². The number of aromatic nitrogens is 1. The normalized spacial score (nSPS) is 23.0. The molecule has 0 saturated carbocycles. The fraction of sp³-hybridized carbons (Fsp3) is 0.611. The highest BCUT2D eigenvalue weighted by atomic mass is 32.1. The third kappa shape index (κ3) is 3.56. The maximum Gasteiger partial charge on any atom is 0.328 e. The molecule has 2 bridgehead atoms. The van der Waals surface area contributed by atoms with E-state index in [1.54, 1.807) is 6.07 Å². The zero-order valence-corrected chi connectivity index (χ0v) is 15.7. The first-order chi connectivity index (χ1) is 11.9. The Bertz CT molecular complexity index is 731. The SMILES string of the molecule is COC(=O)C(NC(=S)N1CC2CC(C1)c1cccc(=O)n1C2)C(C)C. The molecular weight excluding hydrogens is 338 g/mol. The van der Waals surface area contributed by atoms with Gasteiger partial charge in [-0.3, -0.25) is 4.79 Å². The van der Waals surface area contributed by atoms with Gasteiger partial charge < -0.3 is 19.5 Å². The van der Waals surface area contributed by atoms with Gasteiger partial charge in [-0.25, -0.2) is 4.79 Å². The van der Waals surface area contributed by atoms with E-state index in [1.807, 2.05) is 30.5 Å². The third-order valence-electron chi connectivity index (χ3n) is 5.17. The number of hydrogen-bond donors (Lipinski definition) is 1. The van der Waals surface area contributed by atoms with E-state index in [0.29, 0.717) is 11.0 Å². The van der Waals surface area contributed by atoms with Gasteiger partial charge in [-0.15, -0.1) is 0 Å². The van der Waals surface area contributed by atoms with Gasteiger partial charge in [-0.2, -0.15) is 0 Å². The van der Waals surface area contributed by atoms with E-state index >= 15 is 0 Å². The van der Waals surface area contributed by atoms with Crippen LogP contribution in [0.25, 0.3) is 0 Å². The van der Waals surface area contributed by atoms with Crippen LogP contribution in [0.2, 0.25) is 0 Å². The molecule has 1 aromatic heterocycles. The van der Waals surface area contributed by atoms with Crippen molar-refractivity contribution >= 4 is 23.3 Å². The summed E-state index contributed by atoms with van der Waals surface area (Å²) < 4.78 is 6.78. The Balaban J connectivity index is 1.75. The van der Waals surface area contributed by atoms with E-state index in [2.05, 4.69) is 10.2 Å². The number of piperidine rings is 1. The fourth-order valence-electron chi connectivity index (χ4n) is 3.91. The predicted octanol–water partition coefficient (Wildman–Crippen LogP) is 1.34. The molecule has 1 N–H and O–H groups in total. The average molecular weight is 363 g/mol. The highest BCUT2D eigenvalue weighted by Crippen LogP contribution is 2.34. The van der Waals surface area contributed by atoms with E-state index in [9.17, 15) is 9.59 Å². The summed E-state index contributed by atoms with van der Waals surface area (Å²) in [7, 11) is 1.39. The largest absolute Gasteiger partial charge is 0.467 e. The maximum absolute atomic E-state index is 12.1. The Morgan fingerprint density at radius 2 is 2.08 bits per heavy atom. The van der Waals surface area contributed by atoms with Crippen molar-refractivity contribution < 1.29 is 9.53 Å². The molecule has 136 valence electrons. The second-order valence-electron chi connectivity index (χ2n) is 7.30. The third-order valence-corrected chi connectivity index (χ3v) is 5.54.